The number of carbonyl (C=O) groups is 1. The largest absolute Gasteiger partial charge is 0.446 e. The van der Waals surface area contributed by atoms with Crippen molar-refractivity contribution in [3.8, 4) is 11.8 Å². The number of carbonyl (C=O) groups excluding carboxylic acids is 1. The third kappa shape index (κ3) is 5.07. The first-order chi connectivity index (χ1) is 7.33. The van der Waals surface area contributed by atoms with E-state index < -0.39 is 0 Å². The molecule has 15 heavy (non-hydrogen) atoms. The Morgan fingerprint density at radius 3 is 3.07 bits per heavy atom. The molecule has 1 atom stereocenters. The van der Waals surface area contributed by atoms with Crippen LogP contribution in [0.1, 0.15) is 32.6 Å². The number of ether oxygens (including phenoxy) is 1. The summed E-state index contributed by atoms with van der Waals surface area (Å²) in [7, 11) is 0. The zero-order valence-corrected chi connectivity index (χ0v) is 9.03. The van der Waals surface area contributed by atoms with Gasteiger partial charge in [-0.2, -0.15) is 0 Å². The van der Waals surface area contributed by atoms with Gasteiger partial charge in [0.25, 0.3) is 0 Å². The van der Waals surface area contributed by atoms with Crippen LogP contribution in [0.4, 0.5) is 0 Å². The second-order valence-electron chi connectivity index (χ2n) is 3.38. The summed E-state index contributed by atoms with van der Waals surface area (Å²) in [4.78, 5) is 11.3. The van der Waals surface area contributed by atoms with E-state index in [0.717, 1.165) is 25.7 Å². The van der Waals surface area contributed by atoms with Gasteiger partial charge in [-0.05, 0) is 26.2 Å². The second-order valence-corrected chi connectivity index (χ2v) is 3.38. The van der Waals surface area contributed by atoms with Crippen LogP contribution in [0.5, 0.6) is 0 Å². The summed E-state index contributed by atoms with van der Waals surface area (Å²) in [6, 6.07) is 0. The van der Waals surface area contributed by atoms with Gasteiger partial charge in [0.1, 0.15) is 0 Å². The molecule has 0 aromatic rings. The Bertz CT molecular complexity index is 315. The van der Waals surface area contributed by atoms with Crippen molar-refractivity contribution in [1.29, 1.82) is 0 Å². The first-order valence-corrected chi connectivity index (χ1v) is 5.31. The SMILES string of the molecule is C/C=C/C=C/C(=O)OC1C#CCCCC1. The van der Waals surface area contributed by atoms with Crippen LogP contribution in [0.15, 0.2) is 24.3 Å². The third-order valence-corrected chi connectivity index (χ3v) is 2.08. The molecule has 0 aromatic carbocycles. The van der Waals surface area contributed by atoms with Crippen LogP contribution in [0.3, 0.4) is 0 Å². The smallest absolute Gasteiger partial charge is 0.331 e. The molecule has 2 nitrogen and oxygen atoms in total. The maximum atomic E-state index is 11.3. The Morgan fingerprint density at radius 1 is 1.40 bits per heavy atom. The highest BCUT2D eigenvalue weighted by Gasteiger charge is 2.10. The molecule has 0 fully saturated rings. The molecule has 0 spiro atoms. The van der Waals surface area contributed by atoms with Crippen molar-refractivity contribution in [3.05, 3.63) is 24.3 Å². The molecule has 1 unspecified atom stereocenters. The maximum absolute atomic E-state index is 11.3. The molecule has 2 heteroatoms. The van der Waals surface area contributed by atoms with Crippen LogP contribution in [0.25, 0.3) is 0 Å². The van der Waals surface area contributed by atoms with E-state index in [4.69, 9.17) is 4.74 Å². The average molecular weight is 204 g/mol. The molecule has 0 bridgehead atoms. The third-order valence-electron chi connectivity index (χ3n) is 2.08. The summed E-state index contributed by atoms with van der Waals surface area (Å²) in [5.41, 5.74) is 0. The predicted molar refractivity (Wildman–Crippen MR) is 60.1 cm³/mol. The minimum absolute atomic E-state index is 0.213. The van der Waals surface area contributed by atoms with Gasteiger partial charge in [-0.1, -0.05) is 30.1 Å². The molecule has 0 N–H and O–H groups in total. The van der Waals surface area contributed by atoms with Crippen molar-refractivity contribution < 1.29 is 9.53 Å². The van der Waals surface area contributed by atoms with Gasteiger partial charge >= 0.3 is 5.97 Å². The predicted octanol–water partition coefficient (Wildman–Crippen LogP) is 2.61. The Kier molecular flexibility index (Phi) is 5.32. The zero-order chi connectivity index (χ0) is 10.9. The molecule has 1 rings (SSSR count). The van der Waals surface area contributed by atoms with Crippen LogP contribution >= 0.6 is 0 Å². The second kappa shape index (κ2) is 6.89. The highest BCUT2D eigenvalue weighted by molar-refractivity contribution is 5.82. The molecule has 0 aliphatic heterocycles. The summed E-state index contributed by atoms with van der Waals surface area (Å²) in [5, 5.41) is 0. The number of esters is 1. The standard InChI is InChI=1S/C13H16O2/c1-2-3-6-11-13(14)15-12-9-7-4-5-8-10-12/h2-3,6,11-12H,4-5,7,9H2,1H3/b3-2+,11-6+. The number of hydrogen-bond donors (Lipinski definition) is 0. The van der Waals surface area contributed by atoms with E-state index in [9.17, 15) is 4.79 Å². The van der Waals surface area contributed by atoms with Gasteiger partial charge in [-0.3, -0.25) is 0 Å². The fraction of sp³-hybridized carbons (Fsp3) is 0.462. The summed E-state index contributed by atoms with van der Waals surface area (Å²) in [5.74, 6) is 5.65. The average Bonchev–Trinajstić information content (AvgIpc) is 2.47. The summed E-state index contributed by atoms with van der Waals surface area (Å²) >= 11 is 0. The topological polar surface area (TPSA) is 26.3 Å². The monoisotopic (exact) mass is 204 g/mol. The lowest BCUT2D eigenvalue weighted by atomic mass is 10.2. The highest BCUT2D eigenvalue weighted by Crippen LogP contribution is 2.10. The lowest BCUT2D eigenvalue weighted by Crippen LogP contribution is -2.14. The fourth-order valence-corrected chi connectivity index (χ4v) is 1.31. The molecular weight excluding hydrogens is 188 g/mol. The van der Waals surface area contributed by atoms with E-state index in [1.54, 1.807) is 12.2 Å². The Hall–Kier alpha value is -1.49. The maximum Gasteiger partial charge on any atom is 0.331 e. The summed E-state index contributed by atoms with van der Waals surface area (Å²) in [6.07, 6.45) is 10.5. The van der Waals surface area contributed by atoms with E-state index in [0.29, 0.717) is 0 Å². The molecular formula is C13H16O2. The van der Waals surface area contributed by atoms with Gasteiger partial charge in [0.2, 0.25) is 0 Å². The van der Waals surface area contributed by atoms with Gasteiger partial charge in [-0.25, -0.2) is 4.79 Å². The number of rotatable bonds is 3. The van der Waals surface area contributed by atoms with Crippen LogP contribution in [-0.2, 0) is 9.53 Å². The summed E-state index contributed by atoms with van der Waals surface area (Å²) < 4.78 is 5.18. The fourth-order valence-electron chi connectivity index (χ4n) is 1.31. The van der Waals surface area contributed by atoms with Crippen LogP contribution in [0.2, 0.25) is 0 Å². The minimum atomic E-state index is -0.311. The molecule has 0 aromatic heterocycles. The molecule has 0 amide bonds. The van der Waals surface area contributed by atoms with Gasteiger partial charge in [0.05, 0.1) is 0 Å². The Balaban J connectivity index is 2.38. The van der Waals surface area contributed by atoms with Crippen molar-refractivity contribution in [2.75, 3.05) is 0 Å². The van der Waals surface area contributed by atoms with Crippen molar-refractivity contribution in [3.63, 3.8) is 0 Å². The van der Waals surface area contributed by atoms with Crippen molar-refractivity contribution in [2.45, 2.75) is 38.7 Å². The van der Waals surface area contributed by atoms with E-state index in [-0.39, 0.29) is 12.1 Å². The molecule has 80 valence electrons. The number of hydrogen-bond acceptors (Lipinski definition) is 2. The van der Waals surface area contributed by atoms with Gasteiger partial charge in [0.15, 0.2) is 6.10 Å². The first kappa shape index (κ1) is 11.6. The van der Waals surface area contributed by atoms with Crippen LogP contribution in [-0.4, -0.2) is 12.1 Å². The molecule has 1 aliphatic rings. The van der Waals surface area contributed by atoms with E-state index in [1.807, 2.05) is 13.0 Å². The van der Waals surface area contributed by atoms with E-state index in [1.165, 1.54) is 6.08 Å². The van der Waals surface area contributed by atoms with Gasteiger partial charge in [-0.15, -0.1) is 0 Å². The quantitative estimate of drug-likeness (QED) is 0.306. The number of allylic oxidation sites excluding steroid dienone is 3. The molecule has 0 saturated heterocycles. The Labute approximate surface area is 91.0 Å². The normalized spacial score (nSPS) is 21.0. The van der Waals surface area contributed by atoms with Crippen molar-refractivity contribution in [1.82, 2.24) is 0 Å². The molecule has 0 radical (unpaired) electrons. The zero-order valence-electron chi connectivity index (χ0n) is 9.03. The lowest BCUT2D eigenvalue weighted by molar-refractivity contribution is -0.140. The van der Waals surface area contributed by atoms with Gasteiger partial charge < -0.3 is 4.74 Å². The molecule has 1 aliphatic carbocycles. The lowest BCUT2D eigenvalue weighted by Gasteiger charge is -2.08. The van der Waals surface area contributed by atoms with Crippen LogP contribution in [0, 0.1) is 11.8 Å². The van der Waals surface area contributed by atoms with Crippen LogP contribution < -0.4 is 0 Å². The molecule has 0 heterocycles. The first-order valence-electron chi connectivity index (χ1n) is 5.31. The molecule has 0 saturated carbocycles. The Morgan fingerprint density at radius 2 is 2.27 bits per heavy atom. The van der Waals surface area contributed by atoms with Crippen molar-refractivity contribution in [2.24, 2.45) is 0 Å². The van der Waals surface area contributed by atoms with Gasteiger partial charge in [0, 0.05) is 12.5 Å². The summed E-state index contributed by atoms with van der Waals surface area (Å²) in [6.45, 7) is 1.90. The highest BCUT2D eigenvalue weighted by atomic mass is 16.5. The van der Waals surface area contributed by atoms with E-state index in [2.05, 4.69) is 11.8 Å². The van der Waals surface area contributed by atoms with E-state index >= 15 is 0 Å². The minimum Gasteiger partial charge on any atom is -0.446 e. The van der Waals surface area contributed by atoms with Crippen molar-refractivity contribution >= 4 is 5.97 Å².